The van der Waals surface area contributed by atoms with Gasteiger partial charge in [-0.15, -0.1) is 0 Å². The van der Waals surface area contributed by atoms with Crippen LogP contribution < -0.4 is 0 Å². The minimum absolute atomic E-state index is 1.30. The zero-order valence-electron chi connectivity index (χ0n) is 3.69. The topological polar surface area (TPSA) is 18.5 Å². The van der Waals surface area contributed by atoms with Crippen LogP contribution in [0, 0.1) is 0 Å². The SMILES string of the molecule is C[O][Ge]([F])[O]C. The summed E-state index contributed by atoms with van der Waals surface area (Å²) in [5.74, 6) is 0. The summed E-state index contributed by atoms with van der Waals surface area (Å²) in [6.07, 6.45) is 0. The van der Waals surface area contributed by atoms with Crippen LogP contribution in [0.3, 0.4) is 0 Å². The van der Waals surface area contributed by atoms with Gasteiger partial charge in [0.15, 0.2) is 0 Å². The van der Waals surface area contributed by atoms with Gasteiger partial charge in [0.2, 0.25) is 0 Å². The molecule has 4 heteroatoms. The van der Waals surface area contributed by atoms with Crippen molar-refractivity contribution in [2.24, 2.45) is 0 Å². The molecule has 0 N–H and O–H groups in total. The summed E-state index contributed by atoms with van der Waals surface area (Å²) in [6.45, 7) is 0. The first-order chi connectivity index (χ1) is 2.81. The van der Waals surface area contributed by atoms with E-state index in [-0.39, 0.29) is 0 Å². The molecule has 0 aliphatic heterocycles. The summed E-state index contributed by atoms with van der Waals surface area (Å²) in [5.41, 5.74) is 0. The standard InChI is InChI=1S/C2H6FGeO2/c1-5-4(3)6-2/h1-2H3. The Morgan fingerprint density at radius 2 is 1.67 bits per heavy atom. The first kappa shape index (κ1) is 6.39. The van der Waals surface area contributed by atoms with Crippen molar-refractivity contribution in [3.05, 3.63) is 0 Å². The van der Waals surface area contributed by atoms with Crippen LogP contribution in [0.1, 0.15) is 0 Å². The number of rotatable bonds is 2. The van der Waals surface area contributed by atoms with Crippen LogP contribution in [0.15, 0.2) is 0 Å². The number of hydrogen-bond donors (Lipinski definition) is 0. The average Bonchev–Trinajstić information content (AvgIpc) is 1.65. The van der Waals surface area contributed by atoms with E-state index < -0.39 is 15.5 Å². The minimum atomic E-state index is -2.88. The zero-order chi connectivity index (χ0) is 4.99. The van der Waals surface area contributed by atoms with E-state index in [1.54, 1.807) is 0 Å². The van der Waals surface area contributed by atoms with Crippen molar-refractivity contribution >= 4 is 15.5 Å². The maximum absolute atomic E-state index is 11.6. The fourth-order valence-electron chi connectivity index (χ4n) is 0.0833. The Hall–Kier alpha value is 0.393. The second-order valence-corrected chi connectivity index (χ2v) is 3.36. The van der Waals surface area contributed by atoms with Gasteiger partial charge in [-0.25, -0.2) is 0 Å². The molecule has 0 bridgehead atoms. The molecule has 1 radical (unpaired) electrons. The molecule has 0 aliphatic carbocycles. The van der Waals surface area contributed by atoms with Gasteiger partial charge in [-0.1, -0.05) is 0 Å². The third kappa shape index (κ3) is 2.62. The van der Waals surface area contributed by atoms with Gasteiger partial charge >= 0.3 is 40.7 Å². The predicted molar refractivity (Wildman–Crippen MR) is 20.9 cm³/mol. The number of hydrogen-bond acceptors (Lipinski definition) is 2. The second kappa shape index (κ2) is 3.58. The van der Waals surface area contributed by atoms with Crippen LogP contribution in [0.2, 0.25) is 0 Å². The van der Waals surface area contributed by atoms with E-state index >= 15 is 0 Å². The molecule has 0 fully saturated rings. The molecule has 2 nitrogen and oxygen atoms in total. The van der Waals surface area contributed by atoms with Gasteiger partial charge in [0.1, 0.15) is 0 Å². The van der Waals surface area contributed by atoms with Gasteiger partial charge in [-0.3, -0.25) is 0 Å². The molecular weight excluding hydrogens is 148 g/mol. The van der Waals surface area contributed by atoms with Crippen LogP contribution in [-0.2, 0) is 7.53 Å². The molecule has 0 aromatic carbocycles. The van der Waals surface area contributed by atoms with Gasteiger partial charge in [0.25, 0.3) is 0 Å². The molecule has 37 valence electrons. The fourth-order valence-corrected chi connectivity index (χ4v) is 0.433. The summed E-state index contributed by atoms with van der Waals surface area (Å²) in [6, 6.07) is 0. The molecule has 0 saturated heterocycles. The molecule has 0 amide bonds. The molecule has 0 rings (SSSR count). The third-order valence-electron chi connectivity index (χ3n) is 0.321. The Balaban J connectivity index is 2.75. The van der Waals surface area contributed by atoms with Crippen LogP contribution in [0.5, 0.6) is 0 Å². The molecule has 0 unspecified atom stereocenters. The van der Waals surface area contributed by atoms with Crippen LogP contribution in [0.4, 0.5) is 3.50 Å². The van der Waals surface area contributed by atoms with E-state index in [4.69, 9.17) is 0 Å². The Kier molecular flexibility index (Phi) is 3.81. The van der Waals surface area contributed by atoms with Crippen molar-refractivity contribution in [3.63, 3.8) is 0 Å². The van der Waals surface area contributed by atoms with Crippen LogP contribution in [0.25, 0.3) is 0 Å². The molecule has 0 atom stereocenters. The normalized spacial score (nSPS) is 10.0. The van der Waals surface area contributed by atoms with Gasteiger partial charge in [-0.2, -0.15) is 0 Å². The van der Waals surface area contributed by atoms with E-state index in [1.807, 2.05) is 0 Å². The maximum atomic E-state index is 11.6. The molecule has 6 heavy (non-hydrogen) atoms. The van der Waals surface area contributed by atoms with Crippen LogP contribution in [-0.4, -0.2) is 29.7 Å². The Morgan fingerprint density at radius 3 is 1.67 bits per heavy atom. The molecule has 0 heterocycles. The van der Waals surface area contributed by atoms with E-state index in [0.29, 0.717) is 0 Å². The quantitative estimate of drug-likeness (QED) is 0.529. The van der Waals surface area contributed by atoms with E-state index in [9.17, 15) is 3.50 Å². The monoisotopic (exact) mass is 155 g/mol. The Bertz CT molecular complexity index is 30.7. The zero-order valence-corrected chi connectivity index (χ0v) is 5.79. The van der Waals surface area contributed by atoms with Crippen molar-refractivity contribution in [1.29, 1.82) is 0 Å². The summed E-state index contributed by atoms with van der Waals surface area (Å²) in [4.78, 5) is 0. The molecule has 0 spiro atoms. The predicted octanol–water partition coefficient (Wildman–Crippen LogP) is 0.234. The van der Waals surface area contributed by atoms with Gasteiger partial charge < -0.3 is 0 Å². The summed E-state index contributed by atoms with van der Waals surface area (Å²) >= 11 is -2.88. The summed E-state index contributed by atoms with van der Waals surface area (Å²) in [5, 5.41) is 0. The van der Waals surface area contributed by atoms with E-state index in [0.717, 1.165) is 0 Å². The Morgan fingerprint density at radius 1 is 1.33 bits per heavy atom. The van der Waals surface area contributed by atoms with Crippen molar-refractivity contribution in [2.75, 3.05) is 14.2 Å². The van der Waals surface area contributed by atoms with E-state index in [1.165, 1.54) is 14.2 Å². The second-order valence-electron chi connectivity index (χ2n) is 0.646. The number of halogens is 1. The van der Waals surface area contributed by atoms with Gasteiger partial charge in [0.05, 0.1) is 0 Å². The van der Waals surface area contributed by atoms with Crippen molar-refractivity contribution in [1.82, 2.24) is 0 Å². The first-order valence-electron chi connectivity index (χ1n) is 1.41. The van der Waals surface area contributed by atoms with Gasteiger partial charge in [-0.05, 0) is 0 Å². The average molecular weight is 154 g/mol. The van der Waals surface area contributed by atoms with Gasteiger partial charge in [0, 0.05) is 0 Å². The Labute approximate surface area is 41.5 Å². The third-order valence-corrected chi connectivity index (χ3v) is 1.67. The van der Waals surface area contributed by atoms with Crippen LogP contribution >= 0.6 is 0 Å². The first-order valence-corrected chi connectivity index (χ1v) is 3.92. The van der Waals surface area contributed by atoms with Crippen molar-refractivity contribution < 1.29 is 11.0 Å². The molecule has 0 saturated carbocycles. The summed E-state index contributed by atoms with van der Waals surface area (Å²) < 4.78 is 19.9. The molecule has 0 aliphatic rings. The van der Waals surface area contributed by atoms with Crippen molar-refractivity contribution in [2.45, 2.75) is 0 Å². The molecule has 0 aromatic heterocycles. The van der Waals surface area contributed by atoms with E-state index in [2.05, 4.69) is 7.53 Å². The summed E-state index contributed by atoms with van der Waals surface area (Å²) in [7, 11) is 2.61. The van der Waals surface area contributed by atoms with Crippen molar-refractivity contribution in [3.8, 4) is 0 Å². The fraction of sp³-hybridized carbons (Fsp3) is 1.00. The molecule has 0 aromatic rings. The molecular formula is C2H6FGeO2.